The van der Waals surface area contributed by atoms with Gasteiger partial charge in [-0.2, -0.15) is 0 Å². The number of anilines is 1. The highest BCUT2D eigenvalue weighted by molar-refractivity contribution is 8.00. The normalized spacial score (nSPS) is 11.8. The van der Waals surface area contributed by atoms with Gasteiger partial charge in [-0.25, -0.2) is 4.68 Å². The van der Waals surface area contributed by atoms with Gasteiger partial charge in [0.1, 0.15) is 11.0 Å². The van der Waals surface area contributed by atoms with Crippen LogP contribution >= 0.6 is 23.1 Å². The molecule has 4 aromatic rings. The summed E-state index contributed by atoms with van der Waals surface area (Å²) in [5.74, 6) is 0.515. The summed E-state index contributed by atoms with van der Waals surface area (Å²) in [5.41, 5.74) is 1.53. The van der Waals surface area contributed by atoms with Crippen molar-refractivity contribution in [2.75, 3.05) is 12.4 Å². The molecule has 0 unspecified atom stereocenters. The smallest absolute Gasteiger partial charge is 0.242 e. The third-order valence-corrected chi connectivity index (χ3v) is 6.37. The quantitative estimate of drug-likeness (QED) is 0.415. The second-order valence-electron chi connectivity index (χ2n) is 6.33. The van der Waals surface area contributed by atoms with Gasteiger partial charge in [0.25, 0.3) is 0 Å². The number of carbonyl (C=O) groups excluding carboxylic acids is 1. The van der Waals surface area contributed by atoms with E-state index < -0.39 is 5.25 Å². The fourth-order valence-electron chi connectivity index (χ4n) is 2.85. The number of tetrazole rings is 1. The van der Waals surface area contributed by atoms with E-state index in [2.05, 4.69) is 20.8 Å². The second kappa shape index (κ2) is 9.55. The van der Waals surface area contributed by atoms with Crippen molar-refractivity contribution in [3.8, 4) is 5.75 Å². The van der Waals surface area contributed by atoms with E-state index in [9.17, 15) is 4.79 Å². The predicted octanol–water partition coefficient (Wildman–Crippen LogP) is 4.26. The molecule has 2 aromatic carbocycles. The van der Waals surface area contributed by atoms with Crippen molar-refractivity contribution >= 4 is 34.7 Å². The number of nitrogens with zero attached hydrogens (tertiary/aromatic N) is 4. The minimum Gasteiger partial charge on any atom is -0.497 e. The molecule has 0 bridgehead atoms. The number of nitrogens with one attached hydrogen (secondary N) is 1. The van der Waals surface area contributed by atoms with Crippen LogP contribution in [0.25, 0.3) is 0 Å². The summed E-state index contributed by atoms with van der Waals surface area (Å²) in [4.78, 5) is 14.4. The Labute approximate surface area is 182 Å². The van der Waals surface area contributed by atoms with E-state index >= 15 is 0 Å². The summed E-state index contributed by atoms with van der Waals surface area (Å²) >= 11 is 2.96. The van der Waals surface area contributed by atoms with Crippen molar-refractivity contribution in [3.63, 3.8) is 0 Å². The molecule has 1 atom stereocenters. The molecular formula is C21H19N5O2S2. The van der Waals surface area contributed by atoms with Crippen molar-refractivity contribution in [2.45, 2.75) is 17.0 Å². The molecule has 7 nitrogen and oxygen atoms in total. The topological polar surface area (TPSA) is 81.9 Å². The predicted molar refractivity (Wildman–Crippen MR) is 118 cm³/mol. The first kappa shape index (κ1) is 20.1. The van der Waals surface area contributed by atoms with Crippen molar-refractivity contribution < 1.29 is 9.53 Å². The van der Waals surface area contributed by atoms with Crippen molar-refractivity contribution in [1.29, 1.82) is 0 Å². The Hall–Kier alpha value is -3.17. The fourth-order valence-corrected chi connectivity index (χ4v) is 4.51. The van der Waals surface area contributed by atoms with E-state index in [0.29, 0.717) is 23.1 Å². The van der Waals surface area contributed by atoms with Gasteiger partial charge in [-0.15, -0.1) is 16.4 Å². The van der Waals surface area contributed by atoms with Crippen molar-refractivity contribution in [3.05, 3.63) is 82.6 Å². The number of hydrogen-bond donors (Lipinski definition) is 1. The Morgan fingerprint density at radius 1 is 1.17 bits per heavy atom. The Bertz CT molecular complexity index is 1100. The monoisotopic (exact) mass is 437 g/mol. The zero-order chi connectivity index (χ0) is 20.8. The molecule has 1 amide bonds. The van der Waals surface area contributed by atoms with Crippen LogP contribution in [0.1, 0.15) is 15.7 Å². The van der Waals surface area contributed by atoms with Gasteiger partial charge in [0.05, 0.1) is 13.7 Å². The lowest BCUT2D eigenvalue weighted by molar-refractivity contribution is -0.115. The van der Waals surface area contributed by atoms with Gasteiger partial charge in [-0.05, 0) is 39.6 Å². The zero-order valence-electron chi connectivity index (χ0n) is 16.1. The average Bonchev–Trinajstić information content (AvgIpc) is 3.45. The SMILES string of the molecule is COc1cccc(NC(=O)[C@H](Sc2nnnn2Cc2cccs2)c2ccccc2)c1. The zero-order valence-corrected chi connectivity index (χ0v) is 17.8. The van der Waals surface area contributed by atoms with Gasteiger partial charge in [-0.1, -0.05) is 54.2 Å². The molecule has 0 saturated carbocycles. The van der Waals surface area contributed by atoms with E-state index in [4.69, 9.17) is 4.74 Å². The molecule has 4 rings (SSSR count). The maximum Gasteiger partial charge on any atom is 0.242 e. The van der Waals surface area contributed by atoms with Gasteiger partial charge in [0.2, 0.25) is 11.1 Å². The van der Waals surface area contributed by atoms with Crippen LogP contribution in [-0.2, 0) is 11.3 Å². The summed E-state index contributed by atoms with van der Waals surface area (Å²) in [6.45, 7) is 0.562. The summed E-state index contributed by atoms with van der Waals surface area (Å²) in [5, 5.41) is 17.1. The molecule has 152 valence electrons. The average molecular weight is 438 g/mol. The number of ether oxygens (including phenoxy) is 1. The first-order valence-corrected chi connectivity index (χ1v) is 10.9. The van der Waals surface area contributed by atoms with E-state index in [1.807, 2.05) is 66.0 Å². The minimum atomic E-state index is -0.523. The van der Waals surface area contributed by atoms with Gasteiger partial charge in [0, 0.05) is 16.6 Å². The molecule has 0 aliphatic carbocycles. The number of aromatic nitrogens is 4. The third kappa shape index (κ3) is 4.87. The van der Waals surface area contributed by atoms with Gasteiger partial charge < -0.3 is 10.1 Å². The number of carbonyl (C=O) groups is 1. The molecule has 0 aliphatic heterocycles. The molecule has 2 aromatic heterocycles. The highest BCUT2D eigenvalue weighted by atomic mass is 32.2. The Morgan fingerprint density at radius 3 is 2.80 bits per heavy atom. The Balaban J connectivity index is 1.58. The molecule has 0 aliphatic rings. The summed E-state index contributed by atoms with van der Waals surface area (Å²) in [6.07, 6.45) is 0. The van der Waals surface area contributed by atoms with Crippen LogP contribution in [-0.4, -0.2) is 33.2 Å². The van der Waals surface area contributed by atoms with Crippen molar-refractivity contribution in [2.24, 2.45) is 0 Å². The molecule has 0 spiro atoms. The van der Waals surface area contributed by atoms with Crippen LogP contribution in [0.5, 0.6) is 5.75 Å². The number of thioether (sulfide) groups is 1. The Morgan fingerprint density at radius 2 is 2.03 bits per heavy atom. The molecule has 0 saturated heterocycles. The van der Waals surface area contributed by atoms with Crippen molar-refractivity contribution in [1.82, 2.24) is 20.2 Å². The van der Waals surface area contributed by atoms with Crippen LogP contribution in [0.2, 0.25) is 0 Å². The first-order chi connectivity index (χ1) is 14.7. The second-order valence-corrected chi connectivity index (χ2v) is 8.43. The lowest BCUT2D eigenvalue weighted by atomic mass is 10.1. The number of benzene rings is 2. The van der Waals surface area contributed by atoms with E-state index in [1.54, 1.807) is 29.2 Å². The number of methoxy groups -OCH3 is 1. The van der Waals surface area contributed by atoms with Gasteiger partial charge in [0.15, 0.2) is 0 Å². The van der Waals surface area contributed by atoms with E-state index in [1.165, 1.54) is 11.8 Å². The lowest BCUT2D eigenvalue weighted by Crippen LogP contribution is -2.19. The Kier molecular flexibility index (Phi) is 6.41. The van der Waals surface area contributed by atoms with Gasteiger partial charge >= 0.3 is 0 Å². The highest BCUT2D eigenvalue weighted by Crippen LogP contribution is 2.35. The maximum atomic E-state index is 13.2. The number of amides is 1. The van der Waals surface area contributed by atoms with Gasteiger partial charge in [-0.3, -0.25) is 4.79 Å². The third-order valence-electron chi connectivity index (χ3n) is 4.29. The highest BCUT2D eigenvalue weighted by Gasteiger charge is 2.25. The first-order valence-electron chi connectivity index (χ1n) is 9.18. The maximum absolute atomic E-state index is 13.2. The number of thiophene rings is 1. The molecule has 0 fully saturated rings. The molecule has 0 radical (unpaired) electrons. The summed E-state index contributed by atoms with van der Waals surface area (Å²) < 4.78 is 6.96. The molecule has 1 N–H and O–H groups in total. The molecule has 2 heterocycles. The number of rotatable bonds is 8. The van der Waals surface area contributed by atoms with E-state index in [-0.39, 0.29) is 5.91 Å². The largest absolute Gasteiger partial charge is 0.497 e. The minimum absolute atomic E-state index is 0.162. The summed E-state index contributed by atoms with van der Waals surface area (Å²) in [7, 11) is 1.59. The molecular weight excluding hydrogens is 418 g/mol. The van der Waals surface area contributed by atoms with E-state index in [0.717, 1.165) is 10.4 Å². The molecule has 9 heteroatoms. The molecule has 30 heavy (non-hydrogen) atoms. The lowest BCUT2D eigenvalue weighted by Gasteiger charge is -2.17. The van der Waals surface area contributed by atoms with Crippen LogP contribution in [0.3, 0.4) is 0 Å². The van der Waals surface area contributed by atoms with Crippen LogP contribution in [0.4, 0.5) is 5.69 Å². The fraction of sp³-hybridized carbons (Fsp3) is 0.143. The standard InChI is InChI=1S/C21H19N5O2S2/c1-28-17-10-5-9-16(13-17)22-20(27)19(15-7-3-2-4-8-15)30-21-23-24-25-26(21)14-18-11-6-12-29-18/h2-13,19H,14H2,1H3,(H,22,27)/t19-/m1/s1. The van der Waals surface area contributed by atoms with Crippen LogP contribution < -0.4 is 10.1 Å². The summed E-state index contributed by atoms with van der Waals surface area (Å²) in [6, 6.07) is 20.9. The number of hydrogen-bond acceptors (Lipinski definition) is 7. The van der Waals surface area contributed by atoms with Crippen LogP contribution in [0, 0.1) is 0 Å². The van der Waals surface area contributed by atoms with Crippen LogP contribution in [0.15, 0.2) is 77.3 Å².